The molecule has 0 aromatic heterocycles. The van der Waals surface area contributed by atoms with E-state index >= 15 is 0 Å². The zero-order valence-corrected chi connectivity index (χ0v) is 20.4. The summed E-state index contributed by atoms with van der Waals surface area (Å²) in [7, 11) is 1.77. The van der Waals surface area contributed by atoms with E-state index in [9.17, 15) is 4.79 Å². The van der Waals surface area contributed by atoms with Crippen LogP contribution in [0.1, 0.15) is 54.4 Å². The third kappa shape index (κ3) is 11.0. The quantitative estimate of drug-likeness (QED) is 0.320. The molecule has 2 N–H and O–H groups in total. The molecule has 160 valence electrons. The van der Waals surface area contributed by atoms with Crippen molar-refractivity contribution in [2.45, 2.75) is 65.6 Å². The number of amides is 1. The van der Waals surface area contributed by atoms with Crippen molar-refractivity contribution < 1.29 is 14.3 Å². The first kappa shape index (κ1) is 26.2. The van der Waals surface area contributed by atoms with Crippen LogP contribution < -0.4 is 10.6 Å². The van der Waals surface area contributed by atoms with Gasteiger partial charge in [0.15, 0.2) is 5.96 Å². The summed E-state index contributed by atoms with van der Waals surface area (Å²) in [4.78, 5) is 18.3. The van der Waals surface area contributed by atoms with Crippen LogP contribution in [0.25, 0.3) is 0 Å². The summed E-state index contributed by atoms with van der Waals surface area (Å²) in [5, 5.41) is 6.62. The highest BCUT2D eigenvalue weighted by Gasteiger charge is 2.29. The molecule has 27 heavy (non-hydrogen) atoms. The smallest absolute Gasteiger partial charge is 0.410 e. The monoisotopic (exact) mass is 498 g/mol. The Labute approximate surface area is 182 Å². The molecule has 1 saturated heterocycles. The van der Waals surface area contributed by atoms with E-state index in [-0.39, 0.29) is 41.6 Å². The van der Waals surface area contributed by atoms with Crippen LogP contribution in [0.4, 0.5) is 4.79 Å². The molecule has 1 rings (SSSR count). The van der Waals surface area contributed by atoms with E-state index in [0.717, 1.165) is 38.5 Å². The van der Waals surface area contributed by atoms with Gasteiger partial charge >= 0.3 is 6.09 Å². The summed E-state index contributed by atoms with van der Waals surface area (Å²) >= 11 is 0. The third-order valence-electron chi connectivity index (χ3n) is 4.13. The van der Waals surface area contributed by atoms with Gasteiger partial charge in [-0.15, -0.1) is 24.0 Å². The summed E-state index contributed by atoms with van der Waals surface area (Å²) in [5.41, 5.74) is -0.624. The lowest BCUT2D eigenvalue weighted by atomic mass is 10.0. The van der Waals surface area contributed by atoms with Crippen molar-refractivity contribution in [3.63, 3.8) is 0 Å². The molecule has 2 atom stereocenters. The Morgan fingerprint density at radius 3 is 2.56 bits per heavy atom. The Morgan fingerprint density at radius 1 is 1.37 bits per heavy atom. The lowest BCUT2D eigenvalue weighted by Crippen LogP contribution is -2.43. The van der Waals surface area contributed by atoms with Crippen molar-refractivity contribution in [1.29, 1.82) is 0 Å². The average molecular weight is 498 g/mol. The Balaban J connectivity index is 0.00000676. The minimum atomic E-state index is -0.476. The molecule has 0 aromatic carbocycles. The third-order valence-corrected chi connectivity index (χ3v) is 4.13. The number of hydrogen-bond donors (Lipinski definition) is 2. The first-order chi connectivity index (χ1) is 12.0. The van der Waals surface area contributed by atoms with Gasteiger partial charge in [-0.05, 0) is 53.4 Å². The first-order valence-electron chi connectivity index (χ1n) is 9.65. The number of aliphatic imine (C=N–C) groups is 1. The van der Waals surface area contributed by atoms with Gasteiger partial charge in [-0.25, -0.2) is 4.79 Å². The van der Waals surface area contributed by atoms with E-state index < -0.39 is 5.60 Å². The second-order valence-corrected chi connectivity index (χ2v) is 8.44. The van der Waals surface area contributed by atoms with Gasteiger partial charge in [0, 0.05) is 33.3 Å². The van der Waals surface area contributed by atoms with Crippen LogP contribution in [0.15, 0.2) is 4.99 Å². The minimum Gasteiger partial charge on any atom is -0.444 e. The van der Waals surface area contributed by atoms with Crippen molar-refractivity contribution in [3.05, 3.63) is 0 Å². The Hall–Kier alpha value is -0.770. The number of hydrogen-bond acceptors (Lipinski definition) is 4. The van der Waals surface area contributed by atoms with Gasteiger partial charge in [0.1, 0.15) is 5.60 Å². The van der Waals surface area contributed by atoms with Crippen LogP contribution in [0, 0.1) is 5.92 Å². The molecule has 0 saturated carbocycles. The zero-order valence-electron chi connectivity index (χ0n) is 18.1. The van der Waals surface area contributed by atoms with E-state index in [1.54, 1.807) is 11.9 Å². The lowest BCUT2D eigenvalue weighted by Gasteiger charge is -2.27. The van der Waals surface area contributed by atoms with E-state index in [0.29, 0.717) is 13.1 Å². The number of guanidine groups is 1. The summed E-state index contributed by atoms with van der Waals surface area (Å²) in [6, 6.07) is 0. The van der Waals surface area contributed by atoms with E-state index in [2.05, 4.69) is 29.5 Å². The van der Waals surface area contributed by atoms with Crippen LogP contribution in [0.2, 0.25) is 0 Å². The SMILES string of the molecule is CCNC(=NCC1(C)CCCO1)NCC(C)CN(C)C(=O)OC(C)(C)C.I. The maximum Gasteiger partial charge on any atom is 0.410 e. The number of rotatable bonds is 7. The summed E-state index contributed by atoms with van der Waals surface area (Å²) in [5.74, 6) is 1.05. The van der Waals surface area contributed by atoms with Crippen LogP contribution in [-0.2, 0) is 9.47 Å². The molecule has 1 heterocycles. The Bertz CT molecular complexity index is 474. The number of halogens is 1. The molecule has 1 amide bonds. The van der Waals surface area contributed by atoms with Crippen molar-refractivity contribution in [1.82, 2.24) is 15.5 Å². The second kappa shape index (κ2) is 11.9. The maximum absolute atomic E-state index is 12.1. The van der Waals surface area contributed by atoms with E-state index in [4.69, 9.17) is 9.47 Å². The molecule has 0 bridgehead atoms. The van der Waals surface area contributed by atoms with Crippen LogP contribution in [0.3, 0.4) is 0 Å². The van der Waals surface area contributed by atoms with Gasteiger partial charge in [-0.3, -0.25) is 4.99 Å². The predicted molar refractivity (Wildman–Crippen MR) is 121 cm³/mol. The minimum absolute atomic E-state index is 0. The van der Waals surface area contributed by atoms with Crippen molar-refractivity contribution >= 4 is 36.0 Å². The van der Waals surface area contributed by atoms with Crippen molar-refractivity contribution in [2.24, 2.45) is 10.9 Å². The number of nitrogens with zero attached hydrogens (tertiary/aromatic N) is 2. The average Bonchev–Trinajstić information content (AvgIpc) is 2.95. The fourth-order valence-electron chi connectivity index (χ4n) is 2.77. The van der Waals surface area contributed by atoms with E-state index in [1.807, 2.05) is 27.7 Å². The van der Waals surface area contributed by atoms with Crippen LogP contribution >= 0.6 is 24.0 Å². The topological polar surface area (TPSA) is 75.2 Å². The fraction of sp³-hybridized carbons (Fsp3) is 0.895. The molecule has 2 unspecified atom stereocenters. The summed E-state index contributed by atoms with van der Waals surface area (Å²) in [6.07, 6.45) is 1.85. The number of carbonyl (C=O) groups excluding carboxylic acids is 1. The largest absolute Gasteiger partial charge is 0.444 e. The van der Waals surface area contributed by atoms with Gasteiger partial charge in [-0.2, -0.15) is 0 Å². The summed E-state index contributed by atoms with van der Waals surface area (Å²) < 4.78 is 11.2. The highest BCUT2D eigenvalue weighted by Crippen LogP contribution is 2.24. The van der Waals surface area contributed by atoms with Gasteiger partial charge in [0.05, 0.1) is 12.1 Å². The number of nitrogens with one attached hydrogen (secondary N) is 2. The molecule has 1 aliphatic heterocycles. The van der Waals surface area contributed by atoms with Gasteiger partial charge in [0.25, 0.3) is 0 Å². The van der Waals surface area contributed by atoms with E-state index in [1.165, 1.54) is 0 Å². The van der Waals surface area contributed by atoms with Gasteiger partial charge in [-0.1, -0.05) is 6.92 Å². The molecule has 8 heteroatoms. The summed E-state index contributed by atoms with van der Waals surface area (Å²) in [6.45, 7) is 15.5. The fourth-order valence-corrected chi connectivity index (χ4v) is 2.77. The van der Waals surface area contributed by atoms with Crippen molar-refractivity contribution in [2.75, 3.05) is 39.8 Å². The van der Waals surface area contributed by atoms with Crippen LogP contribution in [-0.4, -0.2) is 68.0 Å². The predicted octanol–water partition coefficient (Wildman–Crippen LogP) is 3.23. The zero-order chi connectivity index (χ0) is 19.8. The Kier molecular flexibility index (Phi) is 11.6. The molecule has 1 aliphatic rings. The van der Waals surface area contributed by atoms with Gasteiger partial charge in [0.2, 0.25) is 0 Å². The molecule has 0 radical (unpaired) electrons. The number of carbonyl (C=O) groups is 1. The maximum atomic E-state index is 12.1. The van der Waals surface area contributed by atoms with Crippen LogP contribution in [0.5, 0.6) is 0 Å². The highest BCUT2D eigenvalue weighted by molar-refractivity contribution is 14.0. The normalized spacial score (nSPS) is 21.2. The molecule has 0 spiro atoms. The second-order valence-electron chi connectivity index (χ2n) is 8.44. The molecular formula is C19H39IN4O3. The first-order valence-corrected chi connectivity index (χ1v) is 9.65. The molecule has 1 fully saturated rings. The molecule has 7 nitrogen and oxygen atoms in total. The lowest BCUT2D eigenvalue weighted by molar-refractivity contribution is 0.0272. The highest BCUT2D eigenvalue weighted by atomic mass is 127. The molecule has 0 aromatic rings. The standard InChI is InChI=1S/C19H38N4O3.HI/c1-8-20-16(22-14-19(6)10-9-11-25-19)21-12-15(2)13-23(7)17(24)26-18(3,4)5;/h15H,8-14H2,1-7H3,(H2,20,21,22);1H. The van der Waals surface area contributed by atoms with Crippen molar-refractivity contribution in [3.8, 4) is 0 Å². The Morgan fingerprint density at radius 2 is 2.04 bits per heavy atom. The van der Waals surface area contributed by atoms with Gasteiger partial charge < -0.3 is 25.0 Å². The molecule has 0 aliphatic carbocycles. The molecular weight excluding hydrogens is 459 g/mol. The number of ether oxygens (including phenoxy) is 2.